The third-order valence-electron chi connectivity index (χ3n) is 11.9. The van der Waals surface area contributed by atoms with Gasteiger partial charge in [0.25, 0.3) is 0 Å². The number of rotatable bonds is 7. The Balaban J connectivity index is 1.10. The number of para-hydroxylation sites is 3. The lowest BCUT2D eigenvalue weighted by Crippen LogP contribution is -2.07. The van der Waals surface area contributed by atoms with Gasteiger partial charge in [-0.3, -0.25) is 14.0 Å². The van der Waals surface area contributed by atoms with Crippen LogP contribution in [-0.4, -0.2) is 53.4 Å². The summed E-state index contributed by atoms with van der Waals surface area (Å²) < 4.78 is 6.40. The van der Waals surface area contributed by atoms with Gasteiger partial charge in [0.15, 0.2) is 23.3 Å². The van der Waals surface area contributed by atoms with Gasteiger partial charge in [0.1, 0.15) is 0 Å². The number of hydrogen-bond acceptors (Lipinski definition) is 8. The Morgan fingerprint density at radius 1 is 0.338 bits per heavy atom. The predicted octanol–water partition coefficient (Wildman–Crippen LogP) is 11.6. The predicted molar refractivity (Wildman–Crippen MR) is 256 cm³/mol. The van der Waals surface area contributed by atoms with Crippen molar-refractivity contribution >= 4 is 49.7 Å². The van der Waals surface area contributed by atoms with E-state index in [0.717, 1.165) is 77.3 Å². The summed E-state index contributed by atoms with van der Waals surface area (Å²) in [5.41, 5.74) is 11.0. The molecule has 11 heteroatoms. The van der Waals surface area contributed by atoms with Crippen LogP contribution in [0.5, 0.6) is 0 Å². The molecule has 0 radical (unpaired) electrons. The van der Waals surface area contributed by atoms with Gasteiger partial charge < -0.3 is 0 Å². The van der Waals surface area contributed by atoms with Gasteiger partial charge >= 0.3 is 0 Å². The van der Waals surface area contributed by atoms with Crippen LogP contribution < -0.4 is 0 Å². The Bertz CT molecular complexity index is 3820. The summed E-state index contributed by atoms with van der Waals surface area (Å²) in [5, 5.41) is 2.04. The second-order valence-electron chi connectivity index (χ2n) is 15.7. The molecule has 0 unspecified atom stereocenters. The minimum atomic E-state index is 0.462. The van der Waals surface area contributed by atoms with E-state index >= 15 is 0 Å². The smallest absolute Gasteiger partial charge is 0.241 e. The van der Waals surface area contributed by atoms with Gasteiger partial charge in [-0.2, -0.15) is 19.9 Å². The Hall–Kier alpha value is -9.22. The molecule has 0 spiro atoms. The average molecular weight is 836 g/mol. The van der Waals surface area contributed by atoms with E-state index in [1.807, 2.05) is 146 Å². The fraction of sp³-hybridized carbons (Fsp3) is 0. The van der Waals surface area contributed by atoms with Crippen LogP contribution in [0.2, 0.25) is 0 Å². The average Bonchev–Trinajstić information content (AvgIpc) is 4.04. The zero-order valence-electron chi connectivity index (χ0n) is 34.5. The van der Waals surface area contributed by atoms with Crippen molar-refractivity contribution in [1.82, 2.24) is 53.4 Å². The highest BCUT2D eigenvalue weighted by atomic mass is 15.3. The fourth-order valence-electron chi connectivity index (χ4n) is 9.00. The Morgan fingerprint density at radius 3 is 1.38 bits per heavy atom. The summed E-state index contributed by atoms with van der Waals surface area (Å²) in [6.07, 6.45) is 3.73. The number of pyridine rings is 1. The molecule has 6 heterocycles. The topological polar surface area (TPSA) is 117 Å². The quantitative estimate of drug-likeness (QED) is 0.156. The van der Waals surface area contributed by atoms with E-state index in [1.165, 1.54) is 0 Å². The van der Waals surface area contributed by atoms with Gasteiger partial charge in [-0.1, -0.05) is 158 Å². The van der Waals surface area contributed by atoms with Crippen LogP contribution in [0.25, 0.3) is 118 Å². The van der Waals surface area contributed by atoms with Crippen molar-refractivity contribution in [3.63, 3.8) is 0 Å². The fourth-order valence-corrected chi connectivity index (χ4v) is 9.00. The summed E-state index contributed by atoms with van der Waals surface area (Å²) in [4.78, 5) is 40.6. The van der Waals surface area contributed by atoms with Crippen LogP contribution in [-0.2, 0) is 0 Å². The molecule has 0 N–H and O–H groups in total. The molecule has 11 nitrogen and oxygen atoms in total. The van der Waals surface area contributed by atoms with Gasteiger partial charge in [0.05, 0.1) is 39.3 Å². The number of imidazole rings is 2. The lowest BCUT2D eigenvalue weighted by Gasteiger charge is -2.12. The van der Waals surface area contributed by atoms with Crippen LogP contribution in [0.15, 0.2) is 200 Å². The van der Waals surface area contributed by atoms with E-state index < -0.39 is 0 Å². The molecule has 0 aliphatic heterocycles. The first kappa shape index (κ1) is 36.4. The standard InChI is InChI=1S/C54H33N11/c1-5-17-34(18-6-1)48-57-49(35-19-7-2-8-20-35)60-52(59-48)63-43-29-15-25-38(46(43)40-31-32-55-33-45(40)63)39-26-16-30-44-47(39)64-42-28-14-13-27-41(42)56-54(64)65(44)53-61-50(36-21-9-3-10-22-36)58-51(62-53)37-23-11-4-12-24-37/h1-33H. The number of aromatic nitrogens is 11. The maximum atomic E-state index is 5.28. The molecule has 13 rings (SSSR count). The minimum Gasteiger partial charge on any atom is -0.276 e. The molecule has 65 heavy (non-hydrogen) atoms. The van der Waals surface area contributed by atoms with E-state index in [0.29, 0.717) is 41.0 Å². The largest absolute Gasteiger partial charge is 0.276 e. The van der Waals surface area contributed by atoms with Crippen LogP contribution in [0.1, 0.15) is 0 Å². The molecule has 0 saturated carbocycles. The highest BCUT2D eigenvalue weighted by molar-refractivity contribution is 6.17. The van der Waals surface area contributed by atoms with Gasteiger partial charge in [-0.25, -0.2) is 19.5 Å². The molecule has 13 aromatic rings. The van der Waals surface area contributed by atoms with E-state index in [2.05, 4.69) is 73.1 Å². The van der Waals surface area contributed by atoms with Crippen molar-refractivity contribution in [2.24, 2.45) is 0 Å². The summed E-state index contributed by atoms with van der Waals surface area (Å²) in [7, 11) is 0. The maximum Gasteiger partial charge on any atom is 0.241 e. The molecule has 0 atom stereocenters. The molecule has 0 bridgehead atoms. The third-order valence-corrected chi connectivity index (χ3v) is 11.9. The molecule has 0 saturated heterocycles. The van der Waals surface area contributed by atoms with Gasteiger partial charge in [0, 0.05) is 44.8 Å². The normalized spacial score (nSPS) is 11.7. The molecule has 304 valence electrons. The molecule has 0 amide bonds. The van der Waals surface area contributed by atoms with Crippen LogP contribution in [0, 0.1) is 0 Å². The minimum absolute atomic E-state index is 0.462. The van der Waals surface area contributed by atoms with E-state index in [1.54, 1.807) is 0 Å². The lowest BCUT2D eigenvalue weighted by atomic mass is 9.98. The van der Waals surface area contributed by atoms with Crippen LogP contribution in [0.3, 0.4) is 0 Å². The van der Waals surface area contributed by atoms with Crippen molar-refractivity contribution in [3.05, 3.63) is 200 Å². The first-order chi connectivity index (χ1) is 32.2. The second kappa shape index (κ2) is 14.7. The van der Waals surface area contributed by atoms with Gasteiger partial charge in [-0.15, -0.1) is 0 Å². The molecular weight excluding hydrogens is 803 g/mol. The monoisotopic (exact) mass is 835 g/mol. The number of benzene rings is 7. The number of hydrogen-bond donors (Lipinski definition) is 0. The van der Waals surface area contributed by atoms with Crippen molar-refractivity contribution in [1.29, 1.82) is 0 Å². The van der Waals surface area contributed by atoms with Gasteiger partial charge in [-0.05, 0) is 35.9 Å². The summed E-state index contributed by atoms with van der Waals surface area (Å²) in [6.45, 7) is 0. The number of nitrogens with zero attached hydrogens (tertiary/aromatic N) is 11. The first-order valence-corrected chi connectivity index (χ1v) is 21.3. The molecule has 6 aromatic heterocycles. The van der Waals surface area contributed by atoms with Crippen molar-refractivity contribution in [2.75, 3.05) is 0 Å². The Labute approximate surface area is 370 Å². The van der Waals surface area contributed by atoms with Crippen LogP contribution in [0.4, 0.5) is 0 Å². The molecule has 0 aliphatic rings. The SMILES string of the molecule is c1ccc(-c2nc(-c3ccccc3)nc(-n3c4cnccc4c4c(-c5cccc6c5n5c7ccccc7nc5n6-c5nc(-c6ccccc6)nc(-c6ccccc6)n5)cccc43)n2)cc1. The number of fused-ring (bicyclic) bond motifs is 8. The van der Waals surface area contributed by atoms with Crippen molar-refractivity contribution in [2.45, 2.75) is 0 Å². The summed E-state index contributed by atoms with van der Waals surface area (Å²) >= 11 is 0. The van der Waals surface area contributed by atoms with E-state index in [4.69, 9.17) is 34.9 Å². The van der Waals surface area contributed by atoms with E-state index in [9.17, 15) is 0 Å². The van der Waals surface area contributed by atoms with E-state index in [-0.39, 0.29) is 0 Å². The summed E-state index contributed by atoms with van der Waals surface area (Å²) in [6, 6.07) is 63.2. The zero-order valence-corrected chi connectivity index (χ0v) is 34.5. The molecule has 7 aromatic carbocycles. The Kier molecular flexibility index (Phi) is 8.25. The molecular formula is C54H33N11. The summed E-state index contributed by atoms with van der Waals surface area (Å²) in [5.74, 6) is 3.93. The molecule has 0 fully saturated rings. The first-order valence-electron chi connectivity index (χ1n) is 21.3. The maximum absolute atomic E-state index is 5.28. The van der Waals surface area contributed by atoms with Crippen molar-refractivity contribution < 1.29 is 0 Å². The lowest BCUT2D eigenvalue weighted by molar-refractivity contribution is 0.937. The second-order valence-corrected chi connectivity index (χ2v) is 15.7. The van der Waals surface area contributed by atoms with Crippen molar-refractivity contribution in [3.8, 4) is 68.6 Å². The highest BCUT2D eigenvalue weighted by Gasteiger charge is 2.26. The third kappa shape index (κ3) is 5.90. The highest BCUT2D eigenvalue weighted by Crippen LogP contribution is 2.42. The van der Waals surface area contributed by atoms with Crippen LogP contribution >= 0.6 is 0 Å². The Morgan fingerprint density at radius 2 is 0.815 bits per heavy atom. The zero-order chi connectivity index (χ0) is 42.8. The molecule has 0 aliphatic carbocycles. The van der Waals surface area contributed by atoms with Gasteiger partial charge in [0.2, 0.25) is 17.7 Å².